The van der Waals surface area contributed by atoms with Gasteiger partial charge in [0.1, 0.15) is 13.2 Å². The maximum Gasteiger partial charge on any atom is 0.167 e. The normalized spacial score (nSPS) is 15.0. The van der Waals surface area contributed by atoms with E-state index in [-0.39, 0.29) is 0 Å². The SMILES string of the molecule is CCn1nc(C)cc1CC(O)c1cccc2c1OCCO2. The van der Waals surface area contributed by atoms with Gasteiger partial charge in [0, 0.05) is 24.2 Å². The summed E-state index contributed by atoms with van der Waals surface area (Å²) in [5, 5.41) is 15.0. The number of fused-ring (bicyclic) bond motifs is 1. The van der Waals surface area contributed by atoms with Gasteiger partial charge in [-0.2, -0.15) is 5.10 Å². The minimum Gasteiger partial charge on any atom is -0.486 e. The molecule has 1 aromatic carbocycles. The lowest BCUT2D eigenvalue weighted by Crippen LogP contribution is -2.18. The molecule has 2 aromatic rings. The number of benzene rings is 1. The lowest BCUT2D eigenvalue weighted by molar-refractivity contribution is 0.145. The van der Waals surface area contributed by atoms with Gasteiger partial charge in [0.2, 0.25) is 0 Å². The first-order valence-corrected chi connectivity index (χ1v) is 7.29. The van der Waals surface area contributed by atoms with Crippen LogP contribution in [0.3, 0.4) is 0 Å². The van der Waals surface area contributed by atoms with Crippen LogP contribution in [-0.2, 0) is 13.0 Å². The third-order valence-electron chi connectivity index (χ3n) is 3.64. The zero-order valence-corrected chi connectivity index (χ0v) is 12.4. The van der Waals surface area contributed by atoms with Gasteiger partial charge < -0.3 is 14.6 Å². The van der Waals surface area contributed by atoms with Crippen LogP contribution in [0.4, 0.5) is 0 Å². The maximum atomic E-state index is 10.6. The average Bonchev–Trinajstić information content (AvgIpc) is 2.86. The molecule has 0 spiro atoms. The Balaban J connectivity index is 1.87. The number of aryl methyl sites for hydroxylation is 2. The van der Waals surface area contributed by atoms with Crippen LogP contribution < -0.4 is 9.47 Å². The predicted octanol–water partition coefficient (Wildman–Crippen LogP) is 2.26. The van der Waals surface area contributed by atoms with E-state index in [1.807, 2.05) is 42.8 Å². The summed E-state index contributed by atoms with van der Waals surface area (Å²) in [6.45, 7) is 5.87. The van der Waals surface area contributed by atoms with Crippen molar-refractivity contribution in [3.05, 3.63) is 41.2 Å². The summed E-state index contributed by atoms with van der Waals surface area (Å²) < 4.78 is 13.1. The molecule has 5 nitrogen and oxygen atoms in total. The molecule has 0 bridgehead atoms. The van der Waals surface area contributed by atoms with E-state index in [0.29, 0.717) is 31.1 Å². The fourth-order valence-corrected chi connectivity index (χ4v) is 2.70. The molecule has 0 aliphatic carbocycles. The number of para-hydroxylation sites is 1. The Labute approximate surface area is 124 Å². The second kappa shape index (κ2) is 5.77. The molecule has 1 aromatic heterocycles. The van der Waals surface area contributed by atoms with E-state index in [9.17, 15) is 5.11 Å². The van der Waals surface area contributed by atoms with E-state index in [2.05, 4.69) is 5.10 Å². The quantitative estimate of drug-likeness (QED) is 0.937. The number of hydrogen-bond donors (Lipinski definition) is 1. The number of nitrogens with zero attached hydrogens (tertiary/aromatic N) is 2. The van der Waals surface area contributed by atoms with Gasteiger partial charge in [-0.15, -0.1) is 0 Å². The Kier molecular flexibility index (Phi) is 3.84. The molecule has 1 N–H and O–H groups in total. The van der Waals surface area contributed by atoms with Crippen LogP contribution >= 0.6 is 0 Å². The summed E-state index contributed by atoms with van der Waals surface area (Å²) in [4.78, 5) is 0. The smallest absolute Gasteiger partial charge is 0.167 e. The number of ether oxygens (including phenoxy) is 2. The molecule has 112 valence electrons. The van der Waals surface area contributed by atoms with Crippen molar-refractivity contribution in [1.29, 1.82) is 0 Å². The van der Waals surface area contributed by atoms with Crippen molar-refractivity contribution in [2.75, 3.05) is 13.2 Å². The second-order valence-electron chi connectivity index (χ2n) is 5.18. The summed E-state index contributed by atoms with van der Waals surface area (Å²) in [5.41, 5.74) is 2.76. The Morgan fingerprint density at radius 2 is 2.14 bits per heavy atom. The minimum absolute atomic E-state index is 0.508. The van der Waals surface area contributed by atoms with Crippen LogP contribution in [-0.4, -0.2) is 28.1 Å². The number of aromatic nitrogens is 2. The first-order valence-electron chi connectivity index (χ1n) is 7.29. The van der Waals surface area contributed by atoms with Gasteiger partial charge in [-0.25, -0.2) is 0 Å². The number of aliphatic hydroxyl groups excluding tert-OH is 1. The van der Waals surface area contributed by atoms with Gasteiger partial charge in [-0.05, 0) is 26.0 Å². The molecule has 5 heteroatoms. The molecule has 0 radical (unpaired) electrons. The molecular formula is C16H20N2O3. The number of hydrogen-bond acceptors (Lipinski definition) is 4. The van der Waals surface area contributed by atoms with Gasteiger partial charge in [-0.3, -0.25) is 4.68 Å². The highest BCUT2D eigenvalue weighted by Crippen LogP contribution is 2.37. The highest BCUT2D eigenvalue weighted by atomic mass is 16.6. The Bertz CT molecular complexity index is 636. The van der Waals surface area contributed by atoms with Gasteiger partial charge in [0.05, 0.1) is 11.8 Å². The Morgan fingerprint density at radius 1 is 1.33 bits per heavy atom. The van der Waals surface area contributed by atoms with Crippen molar-refractivity contribution in [2.45, 2.75) is 32.9 Å². The molecule has 0 fully saturated rings. The molecular weight excluding hydrogens is 268 g/mol. The van der Waals surface area contributed by atoms with Crippen LogP contribution in [0.25, 0.3) is 0 Å². The van der Waals surface area contributed by atoms with E-state index in [0.717, 1.165) is 23.5 Å². The zero-order valence-electron chi connectivity index (χ0n) is 12.4. The third-order valence-corrected chi connectivity index (χ3v) is 3.64. The molecule has 1 unspecified atom stereocenters. The summed E-state index contributed by atoms with van der Waals surface area (Å²) in [7, 11) is 0. The van der Waals surface area contributed by atoms with Crippen LogP contribution in [0.2, 0.25) is 0 Å². The standard InChI is InChI=1S/C16H20N2O3/c1-3-18-12(9-11(2)17-18)10-14(19)13-5-4-6-15-16(13)21-8-7-20-15/h4-6,9,14,19H,3,7-8,10H2,1-2H3. The van der Waals surface area contributed by atoms with Crippen LogP contribution in [0.1, 0.15) is 30.0 Å². The first-order chi connectivity index (χ1) is 10.2. The fraction of sp³-hybridized carbons (Fsp3) is 0.438. The first kappa shape index (κ1) is 13.9. The molecule has 3 rings (SSSR count). The summed E-state index contributed by atoms with van der Waals surface area (Å²) in [5.74, 6) is 1.37. The summed E-state index contributed by atoms with van der Waals surface area (Å²) in [6.07, 6.45) is -0.128. The minimum atomic E-state index is -0.636. The van der Waals surface area contributed by atoms with E-state index in [1.165, 1.54) is 0 Å². The van der Waals surface area contributed by atoms with Crippen LogP contribution in [0, 0.1) is 6.92 Å². The van der Waals surface area contributed by atoms with E-state index in [4.69, 9.17) is 9.47 Å². The lowest BCUT2D eigenvalue weighted by atomic mass is 10.0. The summed E-state index contributed by atoms with van der Waals surface area (Å²) >= 11 is 0. The number of aliphatic hydroxyl groups is 1. The predicted molar refractivity (Wildman–Crippen MR) is 78.7 cm³/mol. The Hall–Kier alpha value is -2.01. The fourth-order valence-electron chi connectivity index (χ4n) is 2.70. The molecule has 2 heterocycles. The molecule has 0 saturated heterocycles. The molecule has 0 amide bonds. The largest absolute Gasteiger partial charge is 0.486 e. The van der Waals surface area contributed by atoms with E-state index in [1.54, 1.807) is 0 Å². The molecule has 21 heavy (non-hydrogen) atoms. The van der Waals surface area contributed by atoms with Crippen molar-refractivity contribution in [3.8, 4) is 11.5 Å². The zero-order chi connectivity index (χ0) is 14.8. The van der Waals surface area contributed by atoms with Crippen molar-refractivity contribution in [3.63, 3.8) is 0 Å². The number of rotatable bonds is 4. The van der Waals surface area contributed by atoms with Crippen LogP contribution in [0.15, 0.2) is 24.3 Å². The highest BCUT2D eigenvalue weighted by Gasteiger charge is 2.22. The summed E-state index contributed by atoms with van der Waals surface area (Å²) in [6, 6.07) is 7.65. The second-order valence-corrected chi connectivity index (χ2v) is 5.18. The molecule has 1 aliphatic rings. The van der Waals surface area contributed by atoms with Crippen molar-refractivity contribution in [1.82, 2.24) is 9.78 Å². The van der Waals surface area contributed by atoms with Gasteiger partial charge in [0.15, 0.2) is 11.5 Å². The Morgan fingerprint density at radius 3 is 2.95 bits per heavy atom. The molecule has 1 atom stereocenters. The highest BCUT2D eigenvalue weighted by molar-refractivity contribution is 5.48. The third kappa shape index (κ3) is 2.74. The average molecular weight is 288 g/mol. The van der Waals surface area contributed by atoms with Gasteiger partial charge in [-0.1, -0.05) is 12.1 Å². The lowest BCUT2D eigenvalue weighted by Gasteiger charge is -2.23. The van der Waals surface area contributed by atoms with Crippen molar-refractivity contribution >= 4 is 0 Å². The maximum absolute atomic E-state index is 10.6. The van der Waals surface area contributed by atoms with E-state index < -0.39 is 6.10 Å². The van der Waals surface area contributed by atoms with Gasteiger partial charge in [0.25, 0.3) is 0 Å². The monoisotopic (exact) mass is 288 g/mol. The van der Waals surface area contributed by atoms with Crippen LogP contribution in [0.5, 0.6) is 11.5 Å². The topological polar surface area (TPSA) is 56.5 Å². The van der Waals surface area contributed by atoms with Crippen molar-refractivity contribution < 1.29 is 14.6 Å². The van der Waals surface area contributed by atoms with E-state index >= 15 is 0 Å². The molecule has 1 aliphatic heterocycles. The van der Waals surface area contributed by atoms with Crippen molar-refractivity contribution in [2.24, 2.45) is 0 Å². The molecule has 0 saturated carbocycles. The van der Waals surface area contributed by atoms with Gasteiger partial charge >= 0.3 is 0 Å².